The molecule has 2 heterocycles. The van der Waals surface area contributed by atoms with Gasteiger partial charge in [-0.05, 0) is 13.3 Å². The highest BCUT2D eigenvalue weighted by molar-refractivity contribution is 6.04. The fourth-order valence-corrected chi connectivity index (χ4v) is 1.77. The van der Waals surface area contributed by atoms with E-state index in [0.717, 1.165) is 12.6 Å². The predicted molar refractivity (Wildman–Crippen MR) is 69.4 cm³/mol. The number of hydrogen-bond donors (Lipinski definition) is 1. The number of hydrogen-bond acceptors (Lipinski definition) is 3. The van der Waals surface area contributed by atoms with Gasteiger partial charge >= 0.3 is 0 Å². The normalized spacial score (nSPS) is 10.6. The van der Waals surface area contributed by atoms with E-state index in [2.05, 4.69) is 15.4 Å². The smallest absolute Gasteiger partial charge is 0.260 e. The van der Waals surface area contributed by atoms with Crippen LogP contribution in [0.5, 0.6) is 0 Å². The van der Waals surface area contributed by atoms with Gasteiger partial charge < -0.3 is 5.32 Å². The Morgan fingerprint density at radius 2 is 2.20 bits per heavy atom. The maximum atomic E-state index is 13.4. The Hall–Kier alpha value is -2.31. The molecule has 0 radical (unpaired) electrons. The number of aryl methyl sites for hydroxylation is 2. The van der Waals surface area contributed by atoms with Crippen molar-refractivity contribution in [2.45, 2.75) is 26.8 Å². The standard InChI is InChI=1S/C13H14F2N4O/c1-3-4-19-7-10(8(2)18-19)13(20)17-12-11(15)5-9(14)6-16-12/h5-7H,3-4H2,1-2H3,(H,16,17,20). The lowest BCUT2D eigenvalue weighted by Crippen LogP contribution is -2.14. The minimum Gasteiger partial charge on any atom is -0.304 e. The Kier molecular flexibility index (Phi) is 4.07. The van der Waals surface area contributed by atoms with Crippen molar-refractivity contribution < 1.29 is 13.6 Å². The van der Waals surface area contributed by atoms with Gasteiger partial charge in [-0.1, -0.05) is 6.92 Å². The summed E-state index contributed by atoms with van der Waals surface area (Å²) in [5, 5.41) is 6.49. The molecule has 1 N–H and O–H groups in total. The van der Waals surface area contributed by atoms with E-state index in [9.17, 15) is 13.6 Å². The molecule has 106 valence electrons. The van der Waals surface area contributed by atoms with E-state index < -0.39 is 17.5 Å². The van der Waals surface area contributed by atoms with Crippen LogP contribution in [0, 0.1) is 18.6 Å². The van der Waals surface area contributed by atoms with Crippen molar-refractivity contribution in [1.82, 2.24) is 14.8 Å². The summed E-state index contributed by atoms with van der Waals surface area (Å²) in [5.41, 5.74) is 0.877. The van der Waals surface area contributed by atoms with E-state index in [0.29, 0.717) is 23.9 Å². The second kappa shape index (κ2) is 5.77. The van der Waals surface area contributed by atoms with E-state index in [1.807, 2.05) is 6.92 Å². The van der Waals surface area contributed by atoms with Crippen LogP contribution < -0.4 is 5.32 Å². The molecule has 2 aromatic rings. The van der Waals surface area contributed by atoms with Gasteiger partial charge in [-0.15, -0.1) is 0 Å². The third kappa shape index (κ3) is 2.98. The molecule has 0 bridgehead atoms. The summed E-state index contributed by atoms with van der Waals surface area (Å²) in [7, 11) is 0. The van der Waals surface area contributed by atoms with E-state index in [1.165, 1.54) is 0 Å². The number of anilines is 1. The second-order valence-electron chi connectivity index (χ2n) is 4.33. The first-order valence-electron chi connectivity index (χ1n) is 6.17. The molecule has 0 aliphatic carbocycles. The molecule has 0 saturated heterocycles. The number of rotatable bonds is 4. The van der Waals surface area contributed by atoms with Crippen molar-refractivity contribution in [2.24, 2.45) is 0 Å². The second-order valence-corrected chi connectivity index (χ2v) is 4.33. The molecule has 0 aliphatic rings. The van der Waals surface area contributed by atoms with Crippen molar-refractivity contribution in [3.8, 4) is 0 Å². The molecule has 7 heteroatoms. The number of halogens is 2. The number of aromatic nitrogens is 3. The van der Waals surface area contributed by atoms with E-state index in [1.54, 1.807) is 17.8 Å². The van der Waals surface area contributed by atoms with Crippen molar-refractivity contribution >= 4 is 11.7 Å². The fraction of sp³-hybridized carbons (Fsp3) is 0.308. The molecule has 20 heavy (non-hydrogen) atoms. The highest BCUT2D eigenvalue weighted by atomic mass is 19.1. The fourth-order valence-electron chi connectivity index (χ4n) is 1.77. The maximum absolute atomic E-state index is 13.4. The topological polar surface area (TPSA) is 59.8 Å². The average molecular weight is 280 g/mol. The minimum absolute atomic E-state index is 0.306. The molecular weight excluding hydrogens is 266 g/mol. The molecule has 5 nitrogen and oxygen atoms in total. The van der Waals surface area contributed by atoms with Gasteiger partial charge in [-0.25, -0.2) is 13.8 Å². The Morgan fingerprint density at radius 3 is 2.85 bits per heavy atom. The van der Waals surface area contributed by atoms with Crippen molar-refractivity contribution in [3.63, 3.8) is 0 Å². The summed E-state index contributed by atoms with van der Waals surface area (Å²) in [6.45, 7) is 4.38. The summed E-state index contributed by atoms with van der Waals surface area (Å²) in [6, 6.07) is 0.663. The van der Waals surface area contributed by atoms with Crippen LogP contribution in [-0.2, 0) is 6.54 Å². The summed E-state index contributed by atoms with van der Waals surface area (Å²) in [4.78, 5) is 15.5. The highest BCUT2D eigenvalue weighted by Gasteiger charge is 2.16. The average Bonchev–Trinajstić information content (AvgIpc) is 2.74. The molecule has 0 fully saturated rings. The molecule has 0 atom stereocenters. The van der Waals surface area contributed by atoms with Gasteiger partial charge in [-0.3, -0.25) is 9.48 Å². The minimum atomic E-state index is -0.919. The first-order chi connectivity index (χ1) is 9.51. The predicted octanol–water partition coefficient (Wildman–Crippen LogP) is 2.53. The van der Waals surface area contributed by atoms with Crippen LogP contribution in [0.15, 0.2) is 18.5 Å². The lowest BCUT2D eigenvalue weighted by Gasteiger charge is -2.04. The van der Waals surface area contributed by atoms with Crippen LogP contribution in [0.4, 0.5) is 14.6 Å². The quantitative estimate of drug-likeness (QED) is 0.936. The summed E-state index contributed by atoms with van der Waals surface area (Å²) in [5.74, 6) is -2.55. The molecule has 0 unspecified atom stereocenters. The zero-order chi connectivity index (χ0) is 14.7. The van der Waals surface area contributed by atoms with Gasteiger partial charge in [0.1, 0.15) is 5.82 Å². The molecule has 1 amide bonds. The Morgan fingerprint density at radius 1 is 1.45 bits per heavy atom. The van der Waals surface area contributed by atoms with Gasteiger partial charge in [0, 0.05) is 18.8 Å². The summed E-state index contributed by atoms with van der Waals surface area (Å²) < 4.78 is 27.8. The van der Waals surface area contributed by atoms with Crippen molar-refractivity contribution in [2.75, 3.05) is 5.32 Å². The monoisotopic (exact) mass is 280 g/mol. The van der Waals surface area contributed by atoms with Crippen LogP contribution in [-0.4, -0.2) is 20.7 Å². The van der Waals surface area contributed by atoms with Gasteiger partial charge in [0.25, 0.3) is 5.91 Å². The van der Waals surface area contributed by atoms with Gasteiger partial charge in [0.05, 0.1) is 17.5 Å². The number of amides is 1. The molecule has 2 rings (SSSR count). The number of carbonyl (C=O) groups excluding carboxylic acids is 1. The number of nitrogens with one attached hydrogen (secondary N) is 1. The Balaban J connectivity index is 2.19. The first-order valence-corrected chi connectivity index (χ1v) is 6.17. The van der Waals surface area contributed by atoms with E-state index in [4.69, 9.17) is 0 Å². The van der Waals surface area contributed by atoms with Crippen LogP contribution in [0.3, 0.4) is 0 Å². The van der Waals surface area contributed by atoms with E-state index in [-0.39, 0.29) is 5.82 Å². The Labute approximate surface area is 114 Å². The maximum Gasteiger partial charge on any atom is 0.260 e. The van der Waals surface area contributed by atoms with Crippen molar-refractivity contribution in [3.05, 3.63) is 41.4 Å². The van der Waals surface area contributed by atoms with Crippen LogP contribution >= 0.6 is 0 Å². The summed E-state index contributed by atoms with van der Waals surface area (Å²) >= 11 is 0. The first kappa shape index (κ1) is 14.1. The third-order valence-electron chi connectivity index (χ3n) is 2.68. The lowest BCUT2D eigenvalue weighted by atomic mass is 10.2. The molecule has 0 aliphatic heterocycles. The number of nitrogens with zero attached hydrogens (tertiary/aromatic N) is 3. The van der Waals surface area contributed by atoms with Crippen LogP contribution in [0.25, 0.3) is 0 Å². The number of carbonyl (C=O) groups is 1. The van der Waals surface area contributed by atoms with Crippen molar-refractivity contribution in [1.29, 1.82) is 0 Å². The number of pyridine rings is 1. The van der Waals surface area contributed by atoms with Gasteiger partial charge in [0.15, 0.2) is 11.6 Å². The zero-order valence-corrected chi connectivity index (χ0v) is 11.2. The van der Waals surface area contributed by atoms with Crippen LogP contribution in [0.2, 0.25) is 0 Å². The van der Waals surface area contributed by atoms with Gasteiger partial charge in [0.2, 0.25) is 0 Å². The molecular formula is C13H14F2N4O. The van der Waals surface area contributed by atoms with E-state index >= 15 is 0 Å². The Bertz CT molecular complexity index is 639. The summed E-state index contributed by atoms with van der Waals surface area (Å²) in [6.07, 6.45) is 3.32. The molecule has 0 aromatic carbocycles. The molecule has 0 saturated carbocycles. The SMILES string of the molecule is CCCn1cc(C(=O)Nc2ncc(F)cc2F)c(C)n1. The van der Waals surface area contributed by atoms with Gasteiger partial charge in [-0.2, -0.15) is 5.10 Å². The largest absolute Gasteiger partial charge is 0.304 e. The zero-order valence-electron chi connectivity index (χ0n) is 11.2. The molecule has 2 aromatic heterocycles. The van der Waals surface area contributed by atoms with Crippen LogP contribution in [0.1, 0.15) is 29.4 Å². The molecule has 0 spiro atoms. The lowest BCUT2D eigenvalue weighted by molar-refractivity contribution is 0.102. The highest BCUT2D eigenvalue weighted by Crippen LogP contribution is 2.14. The third-order valence-corrected chi connectivity index (χ3v) is 2.68.